The SMILES string of the molecule is OC(CC1CCCCCN1Cc1cn2ccsc2n1)c1ccco1. The molecule has 0 radical (unpaired) electrons. The fraction of sp³-hybridized carbons (Fsp3) is 0.500. The first-order valence-electron chi connectivity index (χ1n) is 8.66. The number of hydrogen-bond acceptors (Lipinski definition) is 5. The molecule has 0 bridgehead atoms. The number of hydrogen-bond donors (Lipinski definition) is 1. The van der Waals surface area contributed by atoms with Crippen LogP contribution in [0.4, 0.5) is 0 Å². The van der Waals surface area contributed by atoms with Gasteiger partial charge in [-0.25, -0.2) is 4.98 Å². The average molecular weight is 345 g/mol. The maximum absolute atomic E-state index is 10.5. The molecule has 24 heavy (non-hydrogen) atoms. The fourth-order valence-electron chi connectivity index (χ4n) is 3.63. The first kappa shape index (κ1) is 15.9. The summed E-state index contributed by atoms with van der Waals surface area (Å²) in [5.74, 6) is 0.668. The van der Waals surface area contributed by atoms with Crippen molar-refractivity contribution in [3.05, 3.63) is 47.6 Å². The zero-order chi connectivity index (χ0) is 16.4. The molecule has 4 heterocycles. The highest BCUT2D eigenvalue weighted by Gasteiger charge is 2.26. The van der Waals surface area contributed by atoms with Gasteiger partial charge in [0.15, 0.2) is 4.96 Å². The Labute approximate surface area is 145 Å². The lowest BCUT2D eigenvalue weighted by molar-refractivity contribution is 0.0825. The molecule has 6 heteroatoms. The van der Waals surface area contributed by atoms with E-state index in [9.17, 15) is 5.11 Å². The molecule has 3 aromatic heterocycles. The van der Waals surface area contributed by atoms with Crippen LogP contribution in [0.25, 0.3) is 4.96 Å². The molecule has 2 atom stereocenters. The molecule has 0 spiro atoms. The molecule has 1 aliphatic rings. The monoisotopic (exact) mass is 345 g/mol. The van der Waals surface area contributed by atoms with E-state index in [1.54, 1.807) is 17.6 Å². The highest BCUT2D eigenvalue weighted by molar-refractivity contribution is 7.15. The predicted octanol–water partition coefficient (Wildman–Crippen LogP) is 3.86. The Morgan fingerprint density at radius 1 is 1.38 bits per heavy atom. The van der Waals surface area contributed by atoms with Crippen molar-refractivity contribution in [1.29, 1.82) is 0 Å². The standard InChI is InChI=1S/C18H23N3O2S/c22-16(17-6-4-9-23-17)11-15-5-2-1-3-7-20(15)12-14-13-21-8-10-24-18(21)19-14/h4,6,8-10,13,15-16,22H,1-3,5,7,11-12H2. The van der Waals surface area contributed by atoms with Crippen LogP contribution in [-0.4, -0.2) is 32.0 Å². The zero-order valence-electron chi connectivity index (χ0n) is 13.7. The molecular weight excluding hydrogens is 322 g/mol. The Morgan fingerprint density at radius 2 is 2.33 bits per heavy atom. The second kappa shape index (κ2) is 7.09. The highest BCUT2D eigenvalue weighted by atomic mass is 32.1. The minimum Gasteiger partial charge on any atom is -0.467 e. The lowest BCUT2D eigenvalue weighted by Gasteiger charge is -2.30. The molecule has 4 rings (SSSR count). The lowest BCUT2D eigenvalue weighted by atomic mass is 10.0. The number of thiazole rings is 1. The predicted molar refractivity (Wildman–Crippen MR) is 94.0 cm³/mol. The van der Waals surface area contributed by atoms with E-state index < -0.39 is 6.10 Å². The van der Waals surface area contributed by atoms with Crippen molar-refractivity contribution in [3.8, 4) is 0 Å². The summed E-state index contributed by atoms with van der Waals surface area (Å²) in [6.45, 7) is 1.92. The topological polar surface area (TPSA) is 53.9 Å². The Kier molecular flexibility index (Phi) is 4.69. The Balaban J connectivity index is 1.48. The summed E-state index contributed by atoms with van der Waals surface area (Å²) in [6.07, 6.45) is 10.8. The fourth-order valence-corrected chi connectivity index (χ4v) is 4.35. The number of fused-ring (bicyclic) bond motifs is 1. The van der Waals surface area contributed by atoms with E-state index in [0.717, 1.165) is 36.6 Å². The first-order chi connectivity index (χ1) is 11.8. The van der Waals surface area contributed by atoms with Crippen molar-refractivity contribution in [2.45, 2.75) is 50.8 Å². The molecule has 128 valence electrons. The minimum absolute atomic E-state index is 0.368. The number of likely N-dealkylation sites (tertiary alicyclic amines) is 1. The maximum atomic E-state index is 10.5. The second-order valence-electron chi connectivity index (χ2n) is 6.57. The van der Waals surface area contributed by atoms with E-state index in [2.05, 4.69) is 27.1 Å². The third-order valence-electron chi connectivity index (χ3n) is 4.87. The molecule has 3 aromatic rings. The molecule has 0 saturated carbocycles. The number of rotatable bonds is 5. The number of aromatic nitrogens is 2. The normalized spacial score (nSPS) is 21.1. The smallest absolute Gasteiger partial charge is 0.193 e. The van der Waals surface area contributed by atoms with Gasteiger partial charge in [0.25, 0.3) is 0 Å². The number of nitrogens with zero attached hydrogens (tertiary/aromatic N) is 3. The van der Waals surface area contributed by atoms with Crippen LogP contribution in [-0.2, 0) is 6.54 Å². The summed E-state index contributed by atoms with van der Waals surface area (Å²) in [6, 6.07) is 4.06. The molecule has 2 unspecified atom stereocenters. The number of furan rings is 1. The van der Waals surface area contributed by atoms with Crippen LogP contribution in [0.2, 0.25) is 0 Å². The van der Waals surface area contributed by atoms with Gasteiger partial charge in [-0.2, -0.15) is 0 Å². The van der Waals surface area contributed by atoms with Crippen LogP contribution >= 0.6 is 11.3 Å². The molecule has 1 N–H and O–H groups in total. The van der Waals surface area contributed by atoms with Gasteiger partial charge in [-0.05, 0) is 37.9 Å². The summed E-state index contributed by atoms with van der Waals surface area (Å²) >= 11 is 1.66. The van der Waals surface area contributed by atoms with Gasteiger partial charge in [0.1, 0.15) is 11.9 Å². The first-order valence-corrected chi connectivity index (χ1v) is 9.54. The van der Waals surface area contributed by atoms with Crippen molar-refractivity contribution in [3.63, 3.8) is 0 Å². The van der Waals surface area contributed by atoms with E-state index in [1.807, 2.05) is 12.1 Å². The van der Waals surface area contributed by atoms with Crippen LogP contribution in [0.3, 0.4) is 0 Å². The Bertz CT molecular complexity index is 736. The van der Waals surface area contributed by atoms with E-state index in [-0.39, 0.29) is 0 Å². The lowest BCUT2D eigenvalue weighted by Crippen LogP contribution is -2.35. The highest BCUT2D eigenvalue weighted by Crippen LogP contribution is 2.28. The Morgan fingerprint density at radius 3 is 3.17 bits per heavy atom. The van der Waals surface area contributed by atoms with Gasteiger partial charge in [0.05, 0.1) is 12.0 Å². The molecule has 0 aliphatic carbocycles. The van der Waals surface area contributed by atoms with Crippen LogP contribution in [0.1, 0.15) is 49.7 Å². The Hall–Kier alpha value is -1.63. The molecular formula is C18H23N3O2S. The molecule has 1 aliphatic heterocycles. The van der Waals surface area contributed by atoms with Gasteiger partial charge in [-0.3, -0.25) is 9.30 Å². The largest absolute Gasteiger partial charge is 0.467 e. The van der Waals surface area contributed by atoms with Gasteiger partial charge in [0.2, 0.25) is 0 Å². The number of aliphatic hydroxyl groups is 1. The van der Waals surface area contributed by atoms with Gasteiger partial charge in [-0.1, -0.05) is 12.8 Å². The van der Waals surface area contributed by atoms with Crippen molar-refractivity contribution in [1.82, 2.24) is 14.3 Å². The third-order valence-corrected chi connectivity index (χ3v) is 5.64. The van der Waals surface area contributed by atoms with Crippen molar-refractivity contribution in [2.24, 2.45) is 0 Å². The third kappa shape index (κ3) is 3.41. The molecule has 0 amide bonds. The van der Waals surface area contributed by atoms with Crippen LogP contribution < -0.4 is 0 Å². The van der Waals surface area contributed by atoms with Gasteiger partial charge < -0.3 is 9.52 Å². The van der Waals surface area contributed by atoms with Gasteiger partial charge >= 0.3 is 0 Å². The van der Waals surface area contributed by atoms with E-state index in [4.69, 9.17) is 9.40 Å². The van der Waals surface area contributed by atoms with Crippen molar-refractivity contribution in [2.75, 3.05) is 6.54 Å². The molecule has 0 aromatic carbocycles. The van der Waals surface area contributed by atoms with E-state index in [1.165, 1.54) is 19.3 Å². The average Bonchev–Trinajstić information content (AvgIpc) is 3.26. The van der Waals surface area contributed by atoms with Crippen LogP contribution in [0.5, 0.6) is 0 Å². The summed E-state index contributed by atoms with van der Waals surface area (Å²) < 4.78 is 7.46. The zero-order valence-corrected chi connectivity index (χ0v) is 14.5. The van der Waals surface area contributed by atoms with Gasteiger partial charge in [-0.15, -0.1) is 11.3 Å². The summed E-state index contributed by atoms with van der Waals surface area (Å²) in [5.41, 5.74) is 1.11. The van der Waals surface area contributed by atoms with E-state index in [0.29, 0.717) is 11.8 Å². The number of aliphatic hydroxyl groups excluding tert-OH is 1. The van der Waals surface area contributed by atoms with Crippen LogP contribution in [0, 0.1) is 0 Å². The summed E-state index contributed by atoms with van der Waals surface area (Å²) in [4.78, 5) is 8.26. The molecule has 1 fully saturated rings. The van der Waals surface area contributed by atoms with E-state index >= 15 is 0 Å². The second-order valence-corrected chi connectivity index (χ2v) is 7.44. The number of imidazole rings is 1. The minimum atomic E-state index is -0.531. The quantitative estimate of drug-likeness (QED) is 0.763. The molecule has 1 saturated heterocycles. The maximum Gasteiger partial charge on any atom is 0.193 e. The van der Waals surface area contributed by atoms with Crippen molar-refractivity contribution >= 4 is 16.3 Å². The van der Waals surface area contributed by atoms with Gasteiger partial charge in [0, 0.05) is 30.4 Å². The van der Waals surface area contributed by atoms with Crippen molar-refractivity contribution < 1.29 is 9.52 Å². The van der Waals surface area contributed by atoms with Crippen LogP contribution in [0.15, 0.2) is 40.6 Å². The summed E-state index contributed by atoms with van der Waals surface area (Å²) in [5, 5.41) is 12.5. The summed E-state index contributed by atoms with van der Waals surface area (Å²) in [7, 11) is 0. The molecule has 5 nitrogen and oxygen atoms in total.